The number of benzene rings is 1. The first-order chi connectivity index (χ1) is 14.9. The molecule has 6 nitrogen and oxygen atoms in total. The topological polar surface area (TPSA) is 67.2 Å². The Kier molecular flexibility index (Phi) is 7.98. The number of thiophene rings is 1. The summed E-state index contributed by atoms with van der Waals surface area (Å²) in [6.07, 6.45) is 2.70. The second-order valence-corrected chi connectivity index (χ2v) is 9.03. The highest BCUT2D eigenvalue weighted by Gasteiger charge is 2.18. The van der Waals surface area contributed by atoms with Crippen LogP contribution in [0.15, 0.2) is 41.5 Å². The van der Waals surface area contributed by atoms with Gasteiger partial charge in [0.05, 0.1) is 11.7 Å². The Hall–Kier alpha value is -2.51. The van der Waals surface area contributed by atoms with Crippen molar-refractivity contribution in [3.8, 4) is 0 Å². The molecule has 0 aliphatic carbocycles. The summed E-state index contributed by atoms with van der Waals surface area (Å²) in [7, 11) is 0. The monoisotopic (exact) mass is 440 g/mol. The Labute approximate surface area is 187 Å². The van der Waals surface area contributed by atoms with Gasteiger partial charge < -0.3 is 5.32 Å². The number of nitrogens with zero attached hydrogens (tertiary/aromatic N) is 3. The number of aryl methyl sites for hydroxylation is 3. The molecule has 7 heteroatoms. The molecule has 1 N–H and O–H groups in total. The molecular weight excluding hydrogens is 408 g/mol. The Morgan fingerprint density at radius 3 is 2.58 bits per heavy atom. The van der Waals surface area contributed by atoms with Gasteiger partial charge in [-0.3, -0.25) is 19.1 Å². The number of likely N-dealkylation sites (N-methyl/N-ethyl adjacent to an activating group) is 1. The van der Waals surface area contributed by atoms with Crippen molar-refractivity contribution >= 4 is 27.5 Å². The Balaban J connectivity index is 1.61. The minimum absolute atomic E-state index is 0.0459. The molecule has 0 spiro atoms. The van der Waals surface area contributed by atoms with E-state index in [2.05, 4.69) is 41.2 Å². The molecule has 1 aromatic carbocycles. The van der Waals surface area contributed by atoms with Crippen molar-refractivity contribution < 1.29 is 4.79 Å². The van der Waals surface area contributed by atoms with Crippen molar-refractivity contribution in [1.82, 2.24) is 19.8 Å². The van der Waals surface area contributed by atoms with Crippen LogP contribution < -0.4 is 10.9 Å². The van der Waals surface area contributed by atoms with Crippen LogP contribution in [-0.4, -0.2) is 46.0 Å². The second-order valence-electron chi connectivity index (χ2n) is 7.83. The van der Waals surface area contributed by atoms with Crippen molar-refractivity contribution in [3.63, 3.8) is 0 Å². The first-order valence-electron chi connectivity index (χ1n) is 10.9. The Morgan fingerprint density at radius 1 is 1.19 bits per heavy atom. The lowest BCUT2D eigenvalue weighted by Gasteiger charge is -2.30. The number of amides is 1. The van der Waals surface area contributed by atoms with E-state index in [0.717, 1.165) is 34.8 Å². The number of hydrogen-bond acceptors (Lipinski definition) is 5. The third kappa shape index (κ3) is 5.60. The molecule has 31 heavy (non-hydrogen) atoms. The third-order valence-corrected chi connectivity index (χ3v) is 7.03. The maximum Gasteiger partial charge on any atom is 0.262 e. The zero-order valence-corrected chi connectivity index (χ0v) is 19.7. The van der Waals surface area contributed by atoms with Crippen LogP contribution in [0.5, 0.6) is 0 Å². The number of rotatable bonds is 10. The second kappa shape index (κ2) is 10.7. The quantitative estimate of drug-likeness (QED) is 0.524. The minimum atomic E-state index is -0.0651. The average molecular weight is 441 g/mol. The molecule has 3 aromatic rings. The van der Waals surface area contributed by atoms with Crippen LogP contribution in [0, 0.1) is 13.8 Å². The molecule has 1 amide bonds. The Bertz CT molecular complexity index is 1070. The highest BCUT2D eigenvalue weighted by atomic mass is 32.1. The van der Waals surface area contributed by atoms with E-state index < -0.39 is 0 Å². The van der Waals surface area contributed by atoms with Crippen molar-refractivity contribution in [3.05, 3.63) is 63.0 Å². The van der Waals surface area contributed by atoms with E-state index in [1.54, 1.807) is 10.9 Å². The summed E-state index contributed by atoms with van der Waals surface area (Å²) in [6, 6.07) is 10.6. The molecule has 0 fully saturated rings. The fraction of sp³-hybridized carbons (Fsp3) is 0.458. The summed E-state index contributed by atoms with van der Waals surface area (Å²) in [6.45, 7) is 11.0. The highest BCUT2D eigenvalue weighted by Crippen LogP contribution is 2.25. The number of aromatic nitrogens is 2. The van der Waals surface area contributed by atoms with E-state index >= 15 is 0 Å². The smallest absolute Gasteiger partial charge is 0.262 e. The van der Waals surface area contributed by atoms with E-state index in [9.17, 15) is 9.59 Å². The molecule has 2 heterocycles. The molecule has 0 saturated carbocycles. The van der Waals surface area contributed by atoms with Gasteiger partial charge in [0.25, 0.3) is 5.56 Å². The standard InChI is InChI=1S/C24H32N4O2S/c1-5-27(6-2)20(14-19-10-8-7-9-11-19)15-25-21(29)12-13-28-16-26-23-22(24(28)30)17(3)18(4)31-23/h7-11,16,20H,5-6,12-15H2,1-4H3,(H,25,29). The molecule has 0 bridgehead atoms. The predicted octanol–water partition coefficient (Wildman–Crippen LogP) is 3.53. The highest BCUT2D eigenvalue weighted by molar-refractivity contribution is 7.18. The van der Waals surface area contributed by atoms with Crippen molar-refractivity contribution in [2.75, 3.05) is 19.6 Å². The molecule has 2 aromatic heterocycles. The number of fused-ring (bicyclic) bond motifs is 1. The van der Waals surface area contributed by atoms with E-state index in [0.29, 0.717) is 18.5 Å². The molecule has 3 rings (SSSR count). The van der Waals surface area contributed by atoms with Gasteiger partial charge in [0.15, 0.2) is 0 Å². The van der Waals surface area contributed by atoms with Crippen LogP contribution in [-0.2, 0) is 17.8 Å². The summed E-state index contributed by atoms with van der Waals surface area (Å²) in [5, 5.41) is 3.76. The molecule has 1 atom stereocenters. The zero-order valence-electron chi connectivity index (χ0n) is 18.9. The summed E-state index contributed by atoms with van der Waals surface area (Å²) >= 11 is 1.54. The fourth-order valence-electron chi connectivity index (χ4n) is 3.93. The van der Waals surface area contributed by atoms with Gasteiger partial charge in [-0.25, -0.2) is 4.98 Å². The number of carbonyl (C=O) groups is 1. The fourth-order valence-corrected chi connectivity index (χ4v) is 4.92. The van der Waals surface area contributed by atoms with Crippen LogP contribution in [0.4, 0.5) is 0 Å². The van der Waals surface area contributed by atoms with Gasteiger partial charge in [-0.2, -0.15) is 0 Å². The predicted molar refractivity (Wildman–Crippen MR) is 128 cm³/mol. The number of carbonyl (C=O) groups excluding carboxylic acids is 1. The van der Waals surface area contributed by atoms with Crippen LogP contribution in [0.25, 0.3) is 10.2 Å². The lowest BCUT2D eigenvalue weighted by Crippen LogP contribution is -2.45. The van der Waals surface area contributed by atoms with E-state index in [4.69, 9.17) is 0 Å². The lowest BCUT2D eigenvalue weighted by molar-refractivity contribution is -0.121. The SMILES string of the molecule is CCN(CC)C(CNC(=O)CCn1cnc2sc(C)c(C)c2c1=O)Cc1ccccc1. The maximum atomic E-state index is 12.8. The van der Waals surface area contributed by atoms with Gasteiger partial charge in [0, 0.05) is 30.4 Å². The van der Waals surface area contributed by atoms with E-state index in [-0.39, 0.29) is 23.9 Å². The molecule has 0 aliphatic heterocycles. The lowest BCUT2D eigenvalue weighted by atomic mass is 10.0. The molecule has 0 saturated heterocycles. The van der Waals surface area contributed by atoms with Crippen molar-refractivity contribution in [2.24, 2.45) is 0 Å². The number of hydrogen-bond donors (Lipinski definition) is 1. The van der Waals surface area contributed by atoms with Crippen LogP contribution >= 0.6 is 11.3 Å². The number of nitrogens with one attached hydrogen (secondary N) is 1. The van der Waals surface area contributed by atoms with Gasteiger partial charge >= 0.3 is 0 Å². The van der Waals surface area contributed by atoms with Crippen LogP contribution in [0.3, 0.4) is 0 Å². The largest absolute Gasteiger partial charge is 0.354 e. The van der Waals surface area contributed by atoms with Gasteiger partial charge in [0.2, 0.25) is 5.91 Å². The van der Waals surface area contributed by atoms with E-state index in [1.807, 2.05) is 32.0 Å². The van der Waals surface area contributed by atoms with Gasteiger partial charge in [0.1, 0.15) is 4.83 Å². The summed E-state index contributed by atoms with van der Waals surface area (Å²) in [4.78, 5) is 34.0. The zero-order chi connectivity index (χ0) is 22.4. The Morgan fingerprint density at radius 2 is 1.90 bits per heavy atom. The molecule has 0 aliphatic rings. The van der Waals surface area contributed by atoms with Gasteiger partial charge in [-0.05, 0) is 44.5 Å². The van der Waals surface area contributed by atoms with Gasteiger partial charge in [-0.15, -0.1) is 11.3 Å². The van der Waals surface area contributed by atoms with Crippen molar-refractivity contribution in [2.45, 2.75) is 53.1 Å². The molecular formula is C24H32N4O2S. The molecule has 0 radical (unpaired) electrons. The summed E-state index contributed by atoms with van der Waals surface area (Å²) in [5.74, 6) is -0.0459. The summed E-state index contributed by atoms with van der Waals surface area (Å²) < 4.78 is 1.55. The van der Waals surface area contributed by atoms with Crippen molar-refractivity contribution in [1.29, 1.82) is 0 Å². The van der Waals surface area contributed by atoms with E-state index in [1.165, 1.54) is 16.9 Å². The van der Waals surface area contributed by atoms with Crippen LogP contribution in [0.1, 0.15) is 36.3 Å². The first kappa shape index (κ1) is 23.2. The normalized spacial score (nSPS) is 12.4. The first-order valence-corrected chi connectivity index (χ1v) is 11.8. The average Bonchev–Trinajstić information content (AvgIpc) is 3.07. The van der Waals surface area contributed by atoms with Crippen LogP contribution in [0.2, 0.25) is 0 Å². The molecule has 1 unspecified atom stereocenters. The molecule has 166 valence electrons. The third-order valence-electron chi connectivity index (χ3n) is 5.91. The summed E-state index contributed by atoms with van der Waals surface area (Å²) in [5.41, 5.74) is 2.19. The maximum absolute atomic E-state index is 12.8. The van der Waals surface area contributed by atoms with Gasteiger partial charge in [-0.1, -0.05) is 44.2 Å². The minimum Gasteiger partial charge on any atom is -0.354 e.